The molecule has 6 nitrogen and oxygen atoms in total. The molecule has 1 aliphatic rings. The van der Waals surface area contributed by atoms with Gasteiger partial charge in [-0.25, -0.2) is 0 Å². The van der Waals surface area contributed by atoms with Crippen LogP contribution in [0.1, 0.15) is 24.3 Å². The van der Waals surface area contributed by atoms with E-state index in [9.17, 15) is 0 Å². The minimum absolute atomic E-state index is 0.153. The summed E-state index contributed by atoms with van der Waals surface area (Å²) in [5, 5.41) is 13.5. The van der Waals surface area contributed by atoms with Gasteiger partial charge in [0.2, 0.25) is 0 Å². The van der Waals surface area contributed by atoms with E-state index in [1.807, 2.05) is 47.1 Å². The van der Waals surface area contributed by atoms with Crippen LogP contribution in [0.2, 0.25) is 0 Å². The zero-order chi connectivity index (χ0) is 17.5. The number of aromatic nitrogens is 4. The third-order valence-electron chi connectivity index (χ3n) is 4.72. The molecule has 0 saturated carbocycles. The Morgan fingerprint density at radius 1 is 1.04 bits per heavy atom. The van der Waals surface area contributed by atoms with E-state index in [1.165, 1.54) is 5.56 Å². The smallest absolute Gasteiger partial charge is 0.251 e. The summed E-state index contributed by atoms with van der Waals surface area (Å²) in [5.74, 6) is 1.55. The molecule has 0 amide bonds. The monoisotopic (exact) mass is 343 g/mol. The number of para-hydroxylation sites is 1. The molecule has 1 unspecified atom stereocenters. The highest BCUT2D eigenvalue weighted by Gasteiger charge is 2.30. The molecule has 2 aromatic carbocycles. The number of allylic oxidation sites excluding steroid dienone is 2. The van der Waals surface area contributed by atoms with Gasteiger partial charge in [-0.05, 0) is 41.1 Å². The van der Waals surface area contributed by atoms with Gasteiger partial charge in [-0.1, -0.05) is 53.6 Å². The van der Waals surface area contributed by atoms with Gasteiger partial charge in [0, 0.05) is 11.1 Å². The molecule has 0 spiro atoms. The fourth-order valence-corrected chi connectivity index (χ4v) is 3.41. The Bertz CT molecular complexity index is 1060. The second-order valence-electron chi connectivity index (χ2n) is 6.43. The molecule has 1 atom stereocenters. The highest BCUT2D eigenvalue weighted by Crippen LogP contribution is 2.34. The molecule has 1 aliphatic heterocycles. The van der Waals surface area contributed by atoms with Crippen LogP contribution in [0, 0.1) is 0 Å². The van der Waals surface area contributed by atoms with E-state index in [0.717, 1.165) is 34.9 Å². The van der Waals surface area contributed by atoms with E-state index in [0.29, 0.717) is 0 Å². The maximum atomic E-state index is 6.06. The topological polar surface area (TPSA) is 60.0 Å². The summed E-state index contributed by atoms with van der Waals surface area (Å²) < 4.78 is 7.87. The van der Waals surface area contributed by atoms with E-state index < -0.39 is 0 Å². The number of rotatable bonds is 3. The summed E-state index contributed by atoms with van der Waals surface area (Å²) in [4.78, 5) is 2.12. The number of benzene rings is 2. The van der Waals surface area contributed by atoms with Gasteiger partial charge in [-0.15, -0.1) is 0 Å². The molecule has 0 bridgehead atoms. The third kappa shape index (κ3) is 2.38. The largest absolute Gasteiger partial charge is 0.458 e. The minimum atomic E-state index is -0.153. The highest BCUT2D eigenvalue weighted by atomic mass is 16.3. The second-order valence-corrected chi connectivity index (χ2v) is 6.43. The first kappa shape index (κ1) is 14.9. The van der Waals surface area contributed by atoms with Gasteiger partial charge in [0.1, 0.15) is 17.4 Å². The Morgan fingerprint density at radius 2 is 1.85 bits per heavy atom. The SMILES string of the molecule is CC1=CC(c2cc3ccccc3o2)n2nnnc2N1Cc1ccccc1. The molecule has 4 aromatic rings. The van der Waals surface area contributed by atoms with Crippen LogP contribution >= 0.6 is 0 Å². The van der Waals surface area contributed by atoms with Crippen molar-refractivity contribution >= 4 is 16.9 Å². The fourth-order valence-electron chi connectivity index (χ4n) is 3.41. The summed E-state index contributed by atoms with van der Waals surface area (Å²) >= 11 is 0. The van der Waals surface area contributed by atoms with Crippen molar-refractivity contribution in [2.45, 2.75) is 19.5 Å². The lowest BCUT2D eigenvalue weighted by atomic mass is 10.1. The van der Waals surface area contributed by atoms with Gasteiger partial charge in [0.25, 0.3) is 5.95 Å². The van der Waals surface area contributed by atoms with Crippen molar-refractivity contribution in [1.82, 2.24) is 20.2 Å². The first-order chi connectivity index (χ1) is 12.8. The summed E-state index contributed by atoms with van der Waals surface area (Å²) in [6, 6.07) is 20.2. The van der Waals surface area contributed by atoms with E-state index in [1.54, 1.807) is 0 Å². The Morgan fingerprint density at radius 3 is 2.69 bits per heavy atom. The van der Waals surface area contributed by atoms with Crippen LogP contribution in [-0.2, 0) is 6.54 Å². The van der Waals surface area contributed by atoms with Gasteiger partial charge in [-0.2, -0.15) is 4.68 Å². The average Bonchev–Trinajstić information content (AvgIpc) is 3.31. The predicted molar refractivity (Wildman–Crippen MR) is 98.6 cm³/mol. The van der Waals surface area contributed by atoms with E-state index in [4.69, 9.17) is 4.42 Å². The zero-order valence-corrected chi connectivity index (χ0v) is 14.3. The van der Waals surface area contributed by atoms with E-state index >= 15 is 0 Å². The number of hydrogen-bond acceptors (Lipinski definition) is 5. The summed E-state index contributed by atoms with van der Waals surface area (Å²) in [6.45, 7) is 2.80. The van der Waals surface area contributed by atoms with Crippen molar-refractivity contribution in [3.63, 3.8) is 0 Å². The first-order valence-corrected chi connectivity index (χ1v) is 8.56. The summed E-state index contributed by atoms with van der Waals surface area (Å²) in [7, 11) is 0. The quantitative estimate of drug-likeness (QED) is 0.564. The number of fused-ring (bicyclic) bond motifs is 2. The van der Waals surface area contributed by atoms with Crippen LogP contribution < -0.4 is 4.90 Å². The molecule has 6 heteroatoms. The number of furan rings is 1. The molecule has 5 rings (SSSR count). The second kappa shape index (κ2) is 5.84. The van der Waals surface area contributed by atoms with Gasteiger partial charge in [0.05, 0.1) is 6.54 Å². The lowest BCUT2D eigenvalue weighted by Gasteiger charge is -2.30. The van der Waals surface area contributed by atoms with Gasteiger partial charge >= 0.3 is 0 Å². The fraction of sp³-hybridized carbons (Fsp3) is 0.150. The molecule has 0 radical (unpaired) electrons. The number of nitrogens with zero attached hydrogens (tertiary/aromatic N) is 5. The standard InChI is InChI=1S/C20H17N5O/c1-14-11-17(19-12-16-9-5-6-10-18(16)26-19)25-20(21-22-23-25)24(14)13-15-7-3-2-4-8-15/h2-12,17H,13H2,1H3. The molecular weight excluding hydrogens is 326 g/mol. The Balaban J connectivity index is 1.56. The molecule has 0 fully saturated rings. The van der Waals surface area contributed by atoms with Gasteiger partial charge in [-0.3, -0.25) is 0 Å². The van der Waals surface area contributed by atoms with Crippen LogP contribution in [0.3, 0.4) is 0 Å². The number of tetrazole rings is 1. The van der Waals surface area contributed by atoms with E-state index in [2.05, 4.69) is 51.6 Å². The molecular formula is C20H17N5O. The molecule has 3 heterocycles. The average molecular weight is 343 g/mol. The summed E-state index contributed by atoms with van der Waals surface area (Å²) in [6.07, 6.45) is 2.14. The third-order valence-corrected chi connectivity index (χ3v) is 4.72. The van der Waals surface area contributed by atoms with Crippen LogP contribution in [0.5, 0.6) is 0 Å². The molecule has 0 N–H and O–H groups in total. The zero-order valence-electron chi connectivity index (χ0n) is 14.3. The van der Waals surface area contributed by atoms with Crippen LogP contribution in [0.4, 0.5) is 5.95 Å². The van der Waals surface area contributed by atoms with E-state index in [-0.39, 0.29) is 6.04 Å². The maximum absolute atomic E-state index is 6.06. The molecule has 128 valence electrons. The minimum Gasteiger partial charge on any atom is -0.458 e. The normalized spacial score (nSPS) is 16.6. The predicted octanol–water partition coefficient (Wildman–Crippen LogP) is 3.93. The van der Waals surface area contributed by atoms with Crippen molar-refractivity contribution in [2.75, 3.05) is 4.90 Å². The first-order valence-electron chi connectivity index (χ1n) is 8.56. The molecule has 2 aromatic heterocycles. The number of anilines is 1. The lowest BCUT2D eigenvalue weighted by Crippen LogP contribution is -2.30. The van der Waals surface area contributed by atoms with Crippen molar-refractivity contribution in [1.29, 1.82) is 0 Å². The highest BCUT2D eigenvalue weighted by molar-refractivity contribution is 5.78. The van der Waals surface area contributed by atoms with Crippen molar-refractivity contribution < 1.29 is 4.42 Å². The van der Waals surface area contributed by atoms with Crippen LogP contribution in [0.15, 0.2) is 76.9 Å². The lowest BCUT2D eigenvalue weighted by molar-refractivity contribution is 0.454. The Hall–Kier alpha value is -3.41. The Labute approximate surface area is 150 Å². The molecule has 0 saturated heterocycles. The van der Waals surface area contributed by atoms with Crippen molar-refractivity contribution in [2.24, 2.45) is 0 Å². The Kier molecular flexibility index (Phi) is 3.35. The van der Waals surface area contributed by atoms with Gasteiger partial charge in [0.15, 0.2) is 0 Å². The molecule has 0 aliphatic carbocycles. The van der Waals surface area contributed by atoms with Crippen LogP contribution in [0.25, 0.3) is 11.0 Å². The van der Waals surface area contributed by atoms with Crippen LogP contribution in [-0.4, -0.2) is 20.2 Å². The number of hydrogen-bond donors (Lipinski definition) is 0. The molecule has 26 heavy (non-hydrogen) atoms. The maximum Gasteiger partial charge on any atom is 0.251 e. The summed E-state index contributed by atoms with van der Waals surface area (Å²) in [5.41, 5.74) is 3.17. The van der Waals surface area contributed by atoms with Crippen molar-refractivity contribution in [3.05, 3.63) is 83.8 Å². The van der Waals surface area contributed by atoms with Gasteiger partial charge < -0.3 is 9.32 Å². The van der Waals surface area contributed by atoms with Crippen molar-refractivity contribution in [3.8, 4) is 0 Å².